The number of fused-ring (bicyclic) bond motifs is 1. The predicted octanol–water partition coefficient (Wildman–Crippen LogP) is 4.42. The Morgan fingerprint density at radius 2 is 1.76 bits per heavy atom. The third-order valence-corrected chi connectivity index (χ3v) is 6.08. The summed E-state index contributed by atoms with van der Waals surface area (Å²) in [5.41, 5.74) is 0.985. The molecule has 3 aromatic carbocycles. The fourth-order valence-corrected chi connectivity index (χ4v) is 4.35. The van der Waals surface area contributed by atoms with E-state index in [1.165, 1.54) is 30.3 Å². The largest absolute Gasteiger partial charge is 0.507 e. The quantitative estimate of drug-likeness (QED) is 0.355. The highest BCUT2D eigenvalue weighted by atomic mass is 19.1. The van der Waals surface area contributed by atoms with Crippen LogP contribution in [0.5, 0.6) is 5.75 Å². The molecule has 2 aliphatic rings. The van der Waals surface area contributed by atoms with Crippen LogP contribution in [0.25, 0.3) is 5.76 Å². The van der Waals surface area contributed by atoms with Crippen molar-refractivity contribution >= 4 is 28.8 Å². The van der Waals surface area contributed by atoms with Gasteiger partial charge in [-0.3, -0.25) is 14.5 Å². The van der Waals surface area contributed by atoms with Crippen molar-refractivity contribution in [1.82, 2.24) is 0 Å². The van der Waals surface area contributed by atoms with Gasteiger partial charge in [-0.15, -0.1) is 0 Å². The number of carbonyl (C=O) groups is 2. The molecule has 5 rings (SSSR count). The number of aliphatic hydroxyl groups is 1. The molecule has 8 heteroatoms. The van der Waals surface area contributed by atoms with Gasteiger partial charge in [-0.25, -0.2) is 8.78 Å². The van der Waals surface area contributed by atoms with Gasteiger partial charge in [0.15, 0.2) is 0 Å². The molecule has 0 radical (unpaired) electrons. The summed E-state index contributed by atoms with van der Waals surface area (Å²) in [6.45, 7) is 1.16. The van der Waals surface area contributed by atoms with Crippen molar-refractivity contribution in [3.8, 4) is 5.75 Å². The number of ketones is 1. The van der Waals surface area contributed by atoms with Crippen LogP contribution >= 0.6 is 0 Å². The summed E-state index contributed by atoms with van der Waals surface area (Å²) < 4.78 is 34.1. The zero-order valence-electron chi connectivity index (χ0n) is 18.2. The molecule has 0 aliphatic carbocycles. The summed E-state index contributed by atoms with van der Waals surface area (Å²) in [7, 11) is 1.87. The number of likely N-dealkylation sites (N-methyl/N-ethyl adjacent to an activating group) is 1. The Morgan fingerprint density at radius 1 is 1.03 bits per heavy atom. The molecule has 6 nitrogen and oxygen atoms in total. The normalized spacial score (nSPS) is 19.2. The molecule has 0 spiro atoms. The van der Waals surface area contributed by atoms with Crippen LogP contribution in [0.15, 0.2) is 72.3 Å². The minimum absolute atomic E-state index is 0.0333. The number of Topliss-reactive ketones (excluding diaryl/α,β-unsaturated/α-hetero) is 1. The molecule has 1 amide bonds. The molecule has 0 aromatic heterocycles. The lowest BCUT2D eigenvalue weighted by Gasteiger charge is -2.28. The second kappa shape index (κ2) is 8.30. The van der Waals surface area contributed by atoms with Gasteiger partial charge in [-0.05, 0) is 48.5 Å². The van der Waals surface area contributed by atoms with Gasteiger partial charge in [0.25, 0.3) is 11.7 Å². The SMILES string of the molecule is CN1CCOc2ccc(/C(O)=C3\C(=O)C(=O)N(c4ccc(F)cc4)C3c3ccccc3F)cc21. The van der Waals surface area contributed by atoms with Crippen LogP contribution in [0.4, 0.5) is 20.2 Å². The van der Waals surface area contributed by atoms with E-state index in [-0.39, 0.29) is 22.4 Å². The van der Waals surface area contributed by atoms with Crippen molar-refractivity contribution in [1.29, 1.82) is 0 Å². The summed E-state index contributed by atoms with van der Waals surface area (Å²) in [6, 6.07) is 14.4. The topological polar surface area (TPSA) is 70.1 Å². The monoisotopic (exact) mass is 462 g/mol. The first-order chi connectivity index (χ1) is 16.4. The molecule has 1 atom stereocenters. The molecule has 1 unspecified atom stereocenters. The van der Waals surface area contributed by atoms with E-state index >= 15 is 0 Å². The van der Waals surface area contributed by atoms with Crippen LogP contribution in [-0.2, 0) is 9.59 Å². The molecule has 3 aromatic rings. The van der Waals surface area contributed by atoms with E-state index in [9.17, 15) is 23.5 Å². The highest BCUT2D eigenvalue weighted by molar-refractivity contribution is 6.51. The van der Waals surface area contributed by atoms with Crippen LogP contribution in [0, 0.1) is 11.6 Å². The van der Waals surface area contributed by atoms with Crippen molar-refractivity contribution in [3.05, 3.63) is 95.1 Å². The van der Waals surface area contributed by atoms with E-state index in [1.54, 1.807) is 24.3 Å². The van der Waals surface area contributed by atoms with Crippen LogP contribution in [0.1, 0.15) is 17.2 Å². The number of aliphatic hydroxyl groups excluding tert-OH is 1. The minimum Gasteiger partial charge on any atom is -0.507 e. The fraction of sp³-hybridized carbons (Fsp3) is 0.154. The number of hydrogen-bond acceptors (Lipinski definition) is 5. The van der Waals surface area contributed by atoms with Gasteiger partial charge in [-0.2, -0.15) is 0 Å². The summed E-state index contributed by atoms with van der Waals surface area (Å²) in [5.74, 6) is -2.88. The van der Waals surface area contributed by atoms with Crippen LogP contribution in [-0.4, -0.2) is 37.0 Å². The Bertz CT molecular complexity index is 1340. The number of nitrogens with zero attached hydrogens (tertiary/aromatic N) is 2. The number of amides is 1. The van der Waals surface area contributed by atoms with Gasteiger partial charge in [-0.1, -0.05) is 18.2 Å². The minimum atomic E-state index is -1.24. The Kier molecular flexibility index (Phi) is 5.28. The molecule has 2 heterocycles. The molecule has 172 valence electrons. The Balaban J connectivity index is 1.71. The standard InChI is InChI=1S/C26H20F2N2O4/c1-29-12-13-34-21-11-6-15(14-20(21)29)24(31)22-23(18-4-2-3-5-19(18)28)30(26(33)25(22)32)17-9-7-16(27)8-10-17/h2-11,14,23,31H,12-13H2,1H3/b24-22+. The zero-order chi connectivity index (χ0) is 24.0. The number of anilines is 2. The third-order valence-electron chi connectivity index (χ3n) is 6.08. The average Bonchev–Trinajstić information content (AvgIpc) is 3.10. The summed E-state index contributed by atoms with van der Waals surface area (Å²) in [5, 5.41) is 11.3. The molecule has 34 heavy (non-hydrogen) atoms. The number of rotatable bonds is 3. The van der Waals surface area contributed by atoms with Gasteiger partial charge in [0.05, 0.1) is 23.8 Å². The van der Waals surface area contributed by atoms with Crippen LogP contribution < -0.4 is 14.5 Å². The van der Waals surface area contributed by atoms with Crippen molar-refractivity contribution in [2.75, 3.05) is 30.0 Å². The third kappa shape index (κ3) is 3.48. The lowest BCUT2D eigenvalue weighted by Crippen LogP contribution is -2.29. The molecule has 2 aliphatic heterocycles. The lowest BCUT2D eigenvalue weighted by atomic mass is 9.94. The van der Waals surface area contributed by atoms with Crippen molar-refractivity contribution < 1.29 is 28.2 Å². The second-order valence-corrected chi connectivity index (χ2v) is 8.12. The summed E-state index contributed by atoms with van der Waals surface area (Å²) >= 11 is 0. The van der Waals surface area contributed by atoms with Gasteiger partial charge in [0.1, 0.15) is 29.8 Å². The van der Waals surface area contributed by atoms with E-state index < -0.39 is 35.1 Å². The van der Waals surface area contributed by atoms with Gasteiger partial charge in [0.2, 0.25) is 0 Å². The van der Waals surface area contributed by atoms with Gasteiger partial charge in [0, 0.05) is 23.9 Å². The maximum absolute atomic E-state index is 14.9. The second-order valence-electron chi connectivity index (χ2n) is 8.12. The highest BCUT2D eigenvalue weighted by Gasteiger charge is 2.47. The molecule has 1 N–H and O–H groups in total. The first-order valence-corrected chi connectivity index (χ1v) is 10.7. The Labute approximate surface area is 194 Å². The van der Waals surface area contributed by atoms with E-state index in [4.69, 9.17) is 4.74 Å². The average molecular weight is 462 g/mol. The van der Waals surface area contributed by atoms with E-state index in [0.717, 1.165) is 17.0 Å². The number of carbonyl (C=O) groups excluding carboxylic acids is 2. The molecule has 0 bridgehead atoms. The number of hydrogen-bond donors (Lipinski definition) is 1. The highest BCUT2D eigenvalue weighted by Crippen LogP contribution is 2.43. The Morgan fingerprint density at radius 3 is 2.50 bits per heavy atom. The number of halogens is 2. The molecule has 1 fully saturated rings. The van der Waals surface area contributed by atoms with Crippen molar-refractivity contribution in [2.24, 2.45) is 0 Å². The maximum atomic E-state index is 14.9. The number of ether oxygens (including phenoxy) is 1. The Hall–Kier alpha value is -4.20. The first kappa shape index (κ1) is 21.6. The molecule has 0 saturated carbocycles. The van der Waals surface area contributed by atoms with Crippen LogP contribution in [0.3, 0.4) is 0 Å². The maximum Gasteiger partial charge on any atom is 0.300 e. The first-order valence-electron chi connectivity index (χ1n) is 10.7. The summed E-state index contributed by atoms with van der Waals surface area (Å²) in [4.78, 5) is 29.3. The molecule has 1 saturated heterocycles. The zero-order valence-corrected chi connectivity index (χ0v) is 18.2. The fourth-order valence-electron chi connectivity index (χ4n) is 4.35. The van der Waals surface area contributed by atoms with Crippen molar-refractivity contribution in [3.63, 3.8) is 0 Å². The van der Waals surface area contributed by atoms with Gasteiger partial charge >= 0.3 is 0 Å². The molecular formula is C26H20F2N2O4. The van der Waals surface area contributed by atoms with Crippen LogP contribution in [0.2, 0.25) is 0 Å². The predicted molar refractivity (Wildman–Crippen MR) is 123 cm³/mol. The van der Waals surface area contributed by atoms with Gasteiger partial charge < -0.3 is 14.7 Å². The van der Waals surface area contributed by atoms with E-state index in [0.29, 0.717) is 24.6 Å². The molecular weight excluding hydrogens is 442 g/mol. The lowest BCUT2D eigenvalue weighted by molar-refractivity contribution is -0.132. The van der Waals surface area contributed by atoms with E-state index in [2.05, 4.69) is 0 Å². The van der Waals surface area contributed by atoms with Crippen molar-refractivity contribution in [2.45, 2.75) is 6.04 Å². The van der Waals surface area contributed by atoms with E-state index in [1.807, 2.05) is 11.9 Å². The smallest absolute Gasteiger partial charge is 0.300 e. The summed E-state index contributed by atoms with van der Waals surface area (Å²) in [6.07, 6.45) is 0. The number of benzene rings is 3.